The summed E-state index contributed by atoms with van der Waals surface area (Å²) in [5, 5.41) is 0.362. The SMILES string of the molecule is COc1ccc2c(c1)OC1(CCSC1C)CC2=O. The number of carbonyl (C=O) groups is 1. The fourth-order valence-electron chi connectivity index (χ4n) is 2.70. The van der Waals surface area contributed by atoms with Crippen LogP contribution in [-0.2, 0) is 0 Å². The van der Waals surface area contributed by atoms with Gasteiger partial charge < -0.3 is 9.47 Å². The van der Waals surface area contributed by atoms with Crippen molar-refractivity contribution in [3.63, 3.8) is 0 Å². The summed E-state index contributed by atoms with van der Waals surface area (Å²) in [7, 11) is 1.62. The molecule has 1 spiro atoms. The van der Waals surface area contributed by atoms with E-state index in [4.69, 9.17) is 9.47 Å². The van der Waals surface area contributed by atoms with Crippen LogP contribution in [0.3, 0.4) is 0 Å². The Balaban J connectivity index is 2.02. The number of fused-ring (bicyclic) bond motifs is 1. The second kappa shape index (κ2) is 4.19. The summed E-state index contributed by atoms with van der Waals surface area (Å²) in [6, 6.07) is 5.44. The second-order valence-electron chi connectivity index (χ2n) is 4.89. The number of thioether (sulfide) groups is 1. The summed E-state index contributed by atoms with van der Waals surface area (Å²) >= 11 is 1.88. The third kappa shape index (κ3) is 1.70. The smallest absolute Gasteiger partial charge is 0.170 e. The number of ether oxygens (including phenoxy) is 2. The molecule has 0 radical (unpaired) electrons. The first-order chi connectivity index (χ1) is 8.64. The fourth-order valence-corrected chi connectivity index (χ4v) is 4.07. The Labute approximate surface area is 111 Å². The van der Waals surface area contributed by atoms with Crippen LogP contribution in [0.2, 0.25) is 0 Å². The van der Waals surface area contributed by atoms with Crippen molar-refractivity contribution >= 4 is 17.5 Å². The zero-order chi connectivity index (χ0) is 12.8. The summed E-state index contributed by atoms with van der Waals surface area (Å²) < 4.78 is 11.4. The van der Waals surface area contributed by atoms with Gasteiger partial charge in [0.05, 0.1) is 19.1 Å². The number of ketones is 1. The van der Waals surface area contributed by atoms with E-state index in [2.05, 4.69) is 6.92 Å². The molecule has 2 atom stereocenters. The number of carbonyl (C=O) groups excluding carboxylic acids is 1. The molecule has 1 aromatic carbocycles. The molecule has 0 aromatic heterocycles. The largest absolute Gasteiger partial charge is 0.497 e. The zero-order valence-corrected chi connectivity index (χ0v) is 11.4. The molecule has 4 heteroatoms. The minimum absolute atomic E-state index is 0.188. The third-order valence-electron chi connectivity index (χ3n) is 3.90. The molecular weight excluding hydrogens is 248 g/mol. The fraction of sp³-hybridized carbons (Fsp3) is 0.500. The van der Waals surface area contributed by atoms with E-state index in [9.17, 15) is 4.79 Å². The molecule has 0 bridgehead atoms. The number of hydrogen-bond donors (Lipinski definition) is 0. The number of rotatable bonds is 1. The van der Waals surface area contributed by atoms with Gasteiger partial charge in [-0.1, -0.05) is 0 Å². The van der Waals surface area contributed by atoms with Crippen molar-refractivity contribution in [1.29, 1.82) is 0 Å². The van der Waals surface area contributed by atoms with Gasteiger partial charge in [-0.15, -0.1) is 0 Å². The Kier molecular flexibility index (Phi) is 2.77. The van der Waals surface area contributed by atoms with Crippen LogP contribution in [0.15, 0.2) is 18.2 Å². The molecule has 0 N–H and O–H groups in total. The maximum Gasteiger partial charge on any atom is 0.170 e. The van der Waals surface area contributed by atoms with Gasteiger partial charge in [-0.25, -0.2) is 0 Å². The molecule has 1 fully saturated rings. The van der Waals surface area contributed by atoms with Crippen molar-refractivity contribution in [2.24, 2.45) is 0 Å². The van der Waals surface area contributed by atoms with Gasteiger partial charge in [-0.3, -0.25) is 4.79 Å². The van der Waals surface area contributed by atoms with Crippen molar-refractivity contribution in [3.8, 4) is 11.5 Å². The molecule has 3 nitrogen and oxygen atoms in total. The van der Waals surface area contributed by atoms with Crippen molar-refractivity contribution < 1.29 is 14.3 Å². The molecule has 2 aliphatic heterocycles. The van der Waals surface area contributed by atoms with Gasteiger partial charge in [-0.05, 0) is 31.2 Å². The van der Waals surface area contributed by atoms with E-state index < -0.39 is 0 Å². The summed E-state index contributed by atoms with van der Waals surface area (Å²) in [4.78, 5) is 12.3. The summed E-state index contributed by atoms with van der Waals surface area (Å²) in [6.07, 6.45) is 1.45. The molecule has 0 amide bonds. The molecule has 18 heavy (non-hydrogen) atoms. The van der Waals surface area contributed by atoms with Gasteiger partial charge in [0.25, 0.3) is 0 Å². The number of Topliss-reactive ketones (excluding diaryl/α,β-unsaturated/α-hetero) is 1. The maximum atomic E-state index is 12.3. The number of methoxy groups -OCH3 is 1. The van der Waals surface area contributed by atoms with Crippen LogP contribution in [0.4, 0.5) is 0 Å². The van der Waals surface area contributed by atoms with Crippen LogP contribution >= 0.6 is 11.8 Å². The summed E-state index contributed by atoms with van der Waals surface area (Å²) in [5.74, 6) is 2.67. The highest BCUT2D eigenvalue weighted by molar-refractivity contribution is 8.00. The lowest BCUT2D eigenvalue weighted by atomic mass is 9.86. The molecule has 2 unspecified atom stereocenters. The molecule has 3 rings (SSSR count). The predicted molar refractivity (Wildman–Crippen MR) is 71.8 cm³/mol. The van der Waals surface area contributed by atoms with Crippen molar-refractivity contribution in [2.75, 3.05) is 12.9 Å². The highest BCUT2D eigenvalue weighted by Crippen LogP contribution is 2.46. The number of hydrogen-bond acceptors (Lipinski definition) is 4. The Morgan fingerprint density at radius 3 is 3.00 bits per heavy atom. The molecule has 0 aliphatic carbocycles. The van der Waals surface area contributed by atoms with Crippen LogP contribution in [-0.4, -0.2) is 29.5 Å². The molecular formula is C14H16O3S. The average Bonchev–Trinajstić information content (AvgIpc) is 2.69. The third-order valence-corrected chi connectivity index (χ3v) is 5.27. The van der Waals surface area contributed by atoms with Gasteiger partial charge in [0.1, 0.15) is 17.1 Å². The van der Waals surface area contributed by atoms with E-state index in [0.717, 1.165) is 17.9 Å². The molecule has 2 heterocycles. The Bertz CT molecular complexity index is 500. The van der Waals surface area contributed by atoms with E-state index in [0.29, 0.717) is 23.0 Å². The normalized spacial score (nSPS) is 30.1. The van der Waals surface area contributed by atoms with E-state index in [-0.39, 0.29) is 11.4 Å². The van der Waals surface area contributed by atoms with E-state index in [1.807, 2.05) is 23.9 Å². The van der Waals surface area contributed by atoms with Gasteiger partial charge in [-0.2, -0.15) is 11.8 Å². The minimum atomic E-state index is -0.304. The topological polar surface area (TPSA) is 35.5 Å². The summed E-state index contributed by atoms with van der Waals surface area (Å²) in [5.41, 5.74) is 0.381. The van der Waals surface area contributed by atoms with Crippen molar-refractivity contribution in [2.45, 2.75) is 30.6 Å². The second-order valence-corrected chi connectivity index (χ2v) is 6.34. The van der Waals surface area contributed by atoms with Gasteiger partial charge in [0.2, 0.25) is 0 Å². The first-order valence-corrected chi connectivity index (χ1v) is 7.21. The van der Waals surface area contributed by atoms with E-state index in [1.165, 1.54) is 0 Å². The van der Waals surface area contributed by atoms with Gasteiger partial charge >= 0.3 is 0 Å². The van der Waals surface area contributed by atoms with Crippen LogP contribution in [0.1, 0.15) is 30.1 Å². The average molecular weight is 264 g/mol. The van der Waals surface area contributed by atoms with Crippen LogP contribution < -0.4 is 9.47 Å². The van der Waals surface area contributed by atoms with E-state index in [1.54, 1.807) is 13.2 Å². The van der Waals surface area contributed by atoms with Crippen LogP contribution in [0, 0.1) is 0 Å². The lowest BCUT2D eigenvalue weighted by Gasteiger charge is -2.37. The zero-order valence-electron chi connectivity index (χ0n) is 10.6. The lowest BCUT2D eigenvalue weighted by Crippen LogP contribution is -2.46. The van der Waals surface area contributed by atoms with Gasteiger partial charge in [0.15, 0.2) is 5.78 Å². The highest BCUT2D eigenvalue weighted by Gasteiger charge is 2.48. The first kappa shape index (κ1) is 11.9. The molecule has 1 aromatic rings. The standard InChI is InChI=1S/C14H16O3S/c1-9-14(5-6-18-9)8-12(15)11-4-3-10(16-2)7-13(11)17-14/h3-4,7,9H,5-6,8H2,1-2H3. The first-order valence-electron chi connectivity index (χ1n) is 6.16. The maximum absolute atomic E-state index is 12.3. The monoisotopic (exact) mass is 264 g/mol. The van der Waals surface area contributed by atoms with E-state index >= 15 is 0 Å². The van der Waals surface area contributed by atoms with Crippen molar-refractivity contribution in [3.05, 3.63) is 23.8 Å². The highest BCUT2D eigenvalue weighted by atomic mass is 32.2. The molecule has 2 aliphatic rings. The van der Waals surface area contributed by atoms with Crippen LogP contribution in [0.25, 0.3) is 0 Å². The predicted octanol–water partition coefficient (Wildman–Crippen LogP) is 2.92. The summed E-state index contributed by atoms with van der Waals surface area (Å²) in [6.45, 7) is 2.15. The molecule has 0 saturated carbocycles. The lowest BCUT2D eigenvalue weighted by molar-refractivity contribution is 0.0438. The number of benzene rings is 1. The minimum Gasteiger partial charge on any atom is -0.497 e. The quantitative estimate of drug-likeness (QED) is 0.781. The van der Waals surface area contributed by atoms with Gasteiger partial charge in [0, 0.05) is 11.3 Å². The van der Waals surface area contributed by atoms with Crippen LogP contribution in [0.5, 0.6) is 11.5 Å². The Morgan fingerprint density at radius 2 is 2.33 bits per heavy atom. The Hall–Kier alpha value is -1.16. The Morgan fingerprint density at radius 1 is 1.50 bits per heavy atom. The molecule has 96 valence electrons. The molecule has 1 saturated heterocycles. The van der Waals surface area contributed by atoms with Crippen molar-refractivity contribution in [1.82, 2.24) is 0 Å².